The van der Waals surface area contributed by atoms with Crippen molar-refractivity contribution in [3.05, 3.63) is 24.3 Å². The minimum absolute atomic E-state index is 0.107. The predicted octanol–water partition coefficient (Wildman–Crippen LogP) is 1.22. The molecule has 1 heterocycles. The van der Waals surface area contributed by atoms with Crippen LogP contribution >= 0.6 is 0 Å². The Balaban J connectivity index is 1.60. The van der Waals surface area contributed by atoms with Crippen LogP contribution in [0.15, 0.2) is 24.3 Å². The average molecular weight is 294 g/mol. The van der Waals surface area contributed by atoms with Crippen molar-refractivity contribution in [2.45, 2.75) is 12.8 Å². The van der Waals surface area contributed by atoms with Gasteiger partial charge in [0.05, 0.1) is 13.7 Å². The van der Waals surface area contributed by atoms with E-state index in [9.17, 15) is 4.79 Å². The standard InChI is InChI=1S/C15H22N2O4/c1-19-13-6-2-3-7-14(13)20-12-15(18)16-21-11-10-17-8-4-5-9-17/h2-3,6-7H,4-5,8-12H2,1H3,(H,16,18). The van der Waals surface area contributed by atoms with Crippen LogP contribution in [-0.4, -0.2) is 50.8 Å². The van der Waals surface area contributed by atoms with E-state index in [1.807, 2.05) is 12.1 Å². The summed E-state index contributed by atoms with van der Waals surface area (Å²) < 4.78 is 10.5. The second-order valence-electron chi connectivity index (χ2n) is 4.86. The van der Waals surface area contributed by atoms with Gasteiger partial charge in [-0.2, -0.15) is 0 Å². The zero-order valence-electron chi connectivity index (χ0n) is 12.3. The maximum absolute atomic E-state index is 11.6. The number of carbonyl (C=O) groups excluding carboxylic acids is 1. The average Bonchev–Trinajstić information content (AvgIpc) is 3.03. The molecule has 0 radical (unpaired) electrons. The topological polar surface area (TPSA) is 60.0 Å². The highest BCUT2D eigenvalue weighted by atomic mass is 16.7. The third kappa shape index (κ3) is 5.24. The van der Waals surface area contributed by atoms with E-state index in [2.05, 4.69) is 10.4 Å². The zero-order chi connectivity index (χ0) is 14.9. The Morgan fingerprint density at radius 2 is 1.95 bits per heavy atom. The summed E-state index contributed by atoms with van der Waals surface area (Å²) in [6.07, 6.45) is 2.50. The highest BCUT2D eigenvalue weighted by Crippen LogP contribution is 2.25. The second kappa shape index (κ2) is 8.49. The summed E-state index contributed by atoms with van der Waals surface area (Å²) in [5.74, 6) is 0.815. The number of nitrogens with one attached hydrogen (secondary N) is 1. The van der Waals surface area contributed by atoms with Crippen molar-refractivity contribution < 1.29 is 19.1 Å². The third-order valence-corrected chi connectivity index (χ3v) is 3.32. The Morgan fingerprint density at radius 3 is 2.67 bits per heavy atom. The Labute approximate surface area is 124 Å². The van der Waals surface area contributed by atoms with Crippen LogP contribution in [0.25, 0.3) is 0 Å². The SMILES string of the molecule is COc1ccccc1OCC(=O)NOCCN1CCCC1. The molecule has 0 saturated carbocycles. The van der Waals surface area contributed by atoms with E-state index in [1.165, 1.54) is 12.8 Å². The predicted molar refractivity (Wildman–Crippen MR) is 78.3 cm³/mol. The molecule has 1 fully saturated rings. The fourth-order valence-corrected chi connectivity index (χ4v) is 2.22. The smallest absolute Gasteiger partial charge is 0.281 e. The molecule has 0 aromatic heterocycles. The lowest BCUT2D eigenvalue weighted by Gasteiger charge is -2.14. The fraction of sp³-hybridized carbons (Fsp3) is 0.533. The molecule has 0 unspecified atom stereocenters. The molecule has 1 saturated heterocycles. The molecule has 116 valence electrons. The first-order valence-corrected chi connectivity index (χ1v) is 7.18. The van der Waals surface area contributed by atoms with Crippen molar-refractivity contribution >= 4 is 5.91 Å². The molecule has 2 rings (SSSR count). The second-order valence-corrected chi connectivity index (χ2v) is 4.86. The van der Waals surface area contributed by atoms with Gasteiger partial charge >= 0.3 is 0 Å². The number of methoxy groups -OCH3 is 1. The number of ether oxygens (including phenoxy) is 2. The quantitative estimate of drug-likeness (QED) is 0.577. The van der Waals surface area contributed by atoms with Crippen LogP contribution in [-0.2, 0) is 9.63 Å². The van der Waals surface area contributed by atoms with Crippen LogP contribution in [0.1, 0.15) is 12.8 Å². The lowest BCUT2D eigenvalue weighted by Crippen LogP contribution is -2.32. The number of amides is 1. The summed E-state index contributed by atoms with van der Waals surface area (Å²) in [6.45, 7) is 3.46. The van der Waals surface area contributed by atoms with E-state index in [1.54, 1.807) is 19.2 Å². The molecule has 1 aromatic carbocycles. The summed E-state index contributed by atoms with van der Waals surface area (Å²) in [5.41, 5.74) is 2.38. The number of carbonyl (C=O) groups is 1. The summed E-state index contributed by atoms with van der Waals surface area (Å²) in [6, 6.07) is 7.19. The van der Waals surface area contributed by atoms with Crippen LogP contribution in [0.2, 0.25) is 0 Å². The number of hydrogen-bond donors (Lipinski definition) is 1. The van der Waals surface area contributed by atoms with E-state index < -0.39 is 0 Å². The molecule has 0 spiro atoms. The molecular formula is C15H22N2O4. The largest absolute Gasteiger partial charge is 0.493 e. The van der Waals surface area contributed by atoms with Gasteiger partial charge in [0.1, 0.15) is 0 Å². The number of para-hydroxylation sites is 2. The van der Waals surface area contributed by atoms with Crippen molar-refractivity contribution in [1.29, 1.82) is 0 Å². The molecule has 0 atom stereocenters. The van der Waals surface area contributed by atoms with Crippen LogP contribution in [0.3, 0.4) is 0 Å². The number of nitrogens with zero attached hydrogens (tertiary/aromatic N) is 1. The van der Waals surface area contributed by atoms with Gasteiger partial charge in [-0.25, -0.2) is 5.48 Å². The lowest BCUT2D eigenvalue weighted by molar-refractivity contribution is -0.136. The molecule has 6 heteroatoms. The summed E-state index contributed by atoms with van der Waals surface area (Å²) in [4.78, 5) is 19.1. The highest BCUT2D eigenvalue weighted by Gasteiger charge is 2.11. The van der Waals surface area contributed by atoms with Crippen LogP contribution in [0, 0.1) is 0 Å². The van der Waals surface area contributed by atoms with E-state index in [0.717, 1.165) is 19.6 Å². The van der Waals surface area contributed by atoms with Crippen LogP contribution in [0.4, 0.5) is 0 Å². The third-order valence-electron chi connectivity index (χ3n) is 3.32. The summed E-state index contributed by atoms with van der Waals surface area (Å²) in [7, 11) is 1.56. The molecule has 1 aliphatic heterocycles. The van der Waals surface area contributed by atoms with Crippen molar-refractivity contribution in [2.24, 2.45) is 0 Å². The van der Waals surface area contributed by atoms with Crippen molar-refractivity contribution in [2.75, 3.05) is 40.0 Å². The highest BCUT2D eigenvalue weighted by molar-refractivity contribution is 5.76. The summed E-state index contributed by atoms with van der Waals surface area (Å²) >= 11 is 0. The molecule has 0 aliphatic carbocycles. The van der Waals surface area contributed by atoms with Crippen molar-refractivity contribution in [1.82, 2.24) is 10.4 Å². The Morgan fingerprint density at radius 1 is 1.24 bits per heavy atom. The summed E-state index contributed by atoms with van der Waals surface area (Å²) in [5, 5.41) is 0. The molecule has 6 nitrogen and oxygen atoms in total. The first-order chi connectivity index (χ1) is 10.3. The maximum Gasteiger partial charge on any atom is 0.281 e. The van der Waals surface area contributed by atoms with Gasteiger partial charge < -0.3 is 14.4 Å². The minimum atomic E-state index is -0.317. The molecule has 21 heavy (non-hydrogen) atoms. The minimum Gasteiger partial charge on any atom is -0.493 e. The van der Waals surface area contributed by atoms with Gasteiger partial charge in [0.2, 0.25) is 0 Å². The number of likely N-dealkylation sites (tertiary alicyclic amines) is 1. The molecular weight excluding hydrogens is 272 g/mol. The van der Waals surface area contributed by atoms with Crippen molar-refractivity contribution in [3.63, 3.8) is 0 Å². The van der Waals surface area contributed by atoms with Gasteiger partial charge in [0.25, 0.3) is 5.91 Å². The lowest BCUT2D eigenvalue weighted by atomic mass is 10.3. The maximum atomic E-state index is 11.6. The number of benzene rings is 1. The zero-order valence-corrected chi connectivity index (χ0v) is 12.3. The van der Waals surface area contributed by atoms with Crippen molar-refractivity contribution in [3.8, 4) is 11.5 Å². The molecule has 0 bridgehead atoms. The first-order valence-electron chi connectivity index (χ1n) is 7.18. The van der Waals surface area contributed by atoms with E-state index in [0.29, 0.717) is 18.1 Å². The van der Waals surface area contributed by atoms with Crippen LogP contribution in [0.5, 0.6) is 11.5 Å². The monoisotopic (exact) mass is 294 g/mol. The fourth-order valence-electron chi connectivity index (χ4n) is 2.22. The normalized spacial score (nSPS) is 14.9. The van der Waals surface area contributed by atoms with Crippen LogP contribution < -0.4 is 15.0 Å². The number of hydroxylamine groups is 1. The Hall–Kier alpha value is -1.79. The van der Waals surface area contributed by atoms with Gasteiger partial charge in [0.15, 0.2) is 18.1 Å². The number of rotatable bonds is 8. The first kappa shape index (κ1) is 15.6. The Bertz CT molecular complexity index is 447. The molecule has 1 amide bonds. The van der Waals surface area contributed by atoms with Gasteiger partial charge in [-0.05, 0) is 38.1 Å². The van der Waals surface area contributed by atoms with E-state index in [-0.39, 0.29) is 12.5 Å². The van der Waals surface area contributed by atoms with E-state index in [4.69, 9.17) is 14.3 Å². The van der Waals surface area contributed by atoms with Gasteiger partial charge in [-0.3, -0.25) is 9.63 Å². The Kier molecular flexibility index (Phi) is 6.30. The van der Waals surface area contributed by atoms with Gasteiger partial charge in [-0.1, -0.05) is 12.1 Å². The van der Waals surface area contributed by atoms with Gasteiger partial charge in [-0.15, -0.1) is 0 Å². The molecule has 1 aliphatic rings. The van der Waals surface area contributed by atoms with Gasteiger partial charge in [0, 0.05) is 6.54 Å². The molecule has 1 N–H and O–H groups in total. The number of hydrogen-bond acceptors (Lipinski definition) is 5. The molecule has 1 aromatic rings. The van der Waals surface area contributed by atoms with E-state index >= 15 is 0 Å².